The first-order chi connectivity index (χ1) is 10.5. The van der Waals surface area contributed by atoms with Gasteiger partial charge in [-0.15, -0.1) is 0 Å². The van der Waals surface area contributed by atoms with Crippen molar-refractivity contribution in [1.82, 2.24) is 55.1 Å². The van der Waals surface area contributed by atoms with Crippen LogP contribution < -0.4 is 55.1 Å². The SMILES string of the molecule is C1CCCCCNNNNNNNNNNCCCCC1. The summed E-state index contributed by atoms with van der Waals surface area (Å²) < 4.78 is 0. The maximum Gasteiger partial charge on any atom is 0.0113 e. The van der Waals surface area contributed by atoms with Gasteiger partial charge in [0.15, 0.2) is 0 Å². The standard InChI is InChI=1S/C11H32N10/c1-2-4-6-8-10-12-14-16-18-20-21-19-17-15-13-11-9-7-5-3-1/h12-21H,1-11H2. The highest BCUT2D eigenvalue weighted by Gasteiger charge is 1.93. The van der Waals surface area contributed by atoms with E-state index in [1.165, 1.54) is 57.8 Å². The van der Waals surface area contributed by atoms with Crippen molar-refractivity contribution < 1.29 is 0 Å². The summed E-state index contributed by atoms with van der Waals surface area (Å²) in [5.41, 5.74) is 27.9. The molecule has 1 rings (SSSR count). The van der Waals surface area contributed by atoms with Gasteiger partial charge < -0.3 is 0 Å². The summed E-state index contributed by atoms with van der Waals surface area (Å²) in [6.45, 7) is 1.88. The van der Waals surface area contributed by atoms with E-state index in [0.29, 0.717) is 0 Å². The van der Waals surface area contributed by atoms with Gasteiger partial charge >= 0.3 is 0 Å². The van der Waals surface area contributed by atoms with E-state index in [0.717, 1.165) is 13.1 Å². The zero-order chi connectivity index (χ0) is 14.8. The lowest BCUT2D eigenvalue weighted by molar-refractivity contribution is 0.232. The van der Waals surface area contributed by atoms with Gasteiger partial charge in [-0.2, -0.15) is 44.3 Å². The Morgan fingerprint density at radius 1 is 0.286 bits per heavy atom. The summed E-state index contributed by atoms with van der Waals surface area (Å²) in [5.74, 6) is 0. The molecule has 0 bridgehead atoms. The van der Waals surface area contributed by atoms with Crippen LogP contribution in [0.3, 0.4) is 0 Å². The van der Waals surface area contributed by atoms with Crippen molar-refractivity contribution in [3.8, 4) is 0 Å². The summed E-state index contributed by atoms with van der Waals surface area (Å²) >= 11 is 0. The monoisotopic (exact) mass is 304 g/mol. The van der Waals surface area contributed by atoms with Crippen LogP contribution in [0.4, 0.5) is 0 Å². The van der Waals surface area contributed by atoms with Gasteiger partial charge in [-0.05, 0) is 12.8 Å². The highest BCUT2D eigenvalue weighted by Crippen LogP contribution is 2.09. The lowest BCUT2D eigenvalue weighted by Gasteiger charge is -2.13. The zero-order valence-electron chi connectivity index (χ0n) is 12.8. The number of nitrogens with one attached hydrogen (secondary N) is 10. The van der Waals surface area contributed by atoms with Gasteiger partial charge in [0, 0.05) is 13.1 Å². The molecule has 10 N–H and O–H groups in total. The molecule has 21 heavy (non-hydrogen) atoms. The van der Waals surface area contributed by atoms with E-state index in [1.54, 1.807) is 0 Å². The van der Waals surface area contributed by atoms with Crippen LogP contribution in [0.15, 0.2) is 0 Å². The second kappa shape index (κ2) is 16.0. The minimum atomic E-state index is 0.942. The molecule has 10 heteroatoms. The Morgan fingerprint density at radius 3 is 0.952 bits per heavy atom. The van der Waals surface area contributed by atoms with Gasteiger partial charge in [-0.1, -0.05) is 44.9 Å². The van der Waals surface area contributed by atoms with E-state index < -0.39 is 0 Å². The zero-order valence-corrected chi connectivity index (χ0v) is 12.8. The fourth-order valence-electron chi connectivity index (χ4n) is 2.07. The molecule has 0 aliphatic carbocycles. The summed E-state index contributed by atoms with van der Waals surface area (Å²) in [4.78, 5) is 0. The summed E-state index contributed by atoms with van der Waals surface area (Å²) in [6, 6.07) is 0. The van der Waals surface area contributed by atoms with Crippen LogP contribution in [0, 0.1) is 0 Å². The van der Waals surface area contributed by atoms with Gasteiger partial charge in [0.25, 0.3) is 0 Å². The van der Waals surface area contributed by atoms with Crippen molar-refractivity contribution in [2.75, 3.05) is 13.1 Å². The second-order valence-electron chi connectivity index (χ2n) is 5.04. The van der Waals surface area contributed by atoms with Gasteiger partial charge in [0.05, 0.1) is 0 Å². The third-order valence-electron chi connectivity index (χ3n) is 3.22. The van der Waals surface area contributed by atoms with Gasteiger partial charge in [0.1, 0.15) is 0 Å². The highest BCUT2D eigenvalue weighted by molar-refractivity contribution is 4.49. The molecule has 1 saturated heterocycles. The second-order valence-corrected chi connectivity index (χ2v) is 5.04. The van der Waals surface area contributed by atoms with Crippen LogP contribution in [0.5, 0.6) is 0 Å². The minimum absolute atomic E-state index is 0.942. The van der Waals surface area contributed by atoms with E-state index in [9.17, 15) is 0 Å². The minimum Gasteiger partial charge on any atom is -0.243 e. The molecule has 10 nitrogen and oxygen atoms in total. The molecule has 0 aromatic heterocycles. The van der Waals surface area contributed by atoms with Crippen LogP contribution in [0.25, 0.3) is 0 Å². The van der Waals surface area contributed by atoms with E-state index in [4.69, 9.17) is 0 Å². The van der Waals surface area contributed by atoms with Crippen LogP contribution in [-0.4, -0.2) is 13.1 Å². The predicted molar refractivity (Wildman–Crippen MR) is 82.6 cm³/mol. The van der Waals surface area contributed by atoms with Crippen molar-refractivity contribution in [3.63, 3.8) is 0 Å². The summed E-state index contributed by atoms with van der Waals surface area (Å²) in [5, 5.41) is 0. The number of hydrazine groups is 9. The molecule has 1 aliphatic heterocycles. The third-order valence-corrected chi connectivity index (χ3v) is 3.22. The lowest BCUT2D eigenvalue weighted by atomic mass is 10.1. The van der Waals surface area contributed by atoms with Crippen LogP contribution in [0.1, 0.15) is 57.8 Å². The Morgan fingerprint density at radius 2 is 0.571 bits per heavy atom. The maximum absolute atomic E-state index is 3.07. The largest absolute Gasteiger partial charge is 0.243 e. The predicted octanol–water partition coefficient (Wildman–Crippen LogP) is -1.36. The molecule has 1 aliphatic rings. The van der Waals surface area contributed by atoms with Gasteiger partial charge in [-0.3, -0.25) is 0 Å². The van der Waals surface area contributed by atoms with Crippen molar-refractivity contribution >= 4 is 0 Å². The van der Waals surface area contributed by atoms with E-state index in [1.807, 2.05) is 0 Å². The van der Waals surface area contributed by atoms with E-state index in [-0.39, 0.29) is 0 Å². The molecule has 0 aromatic carbocycles. The molecule has 126 valence electrons. The van der Waals surface area contributed by atoms with E-state index in [2.05, 4.69) is 55.1 Å². The molecule has 1 fully saturated rings. The molecule has 0 spiro atoms. The molecule has 0 amide bonds. The summed E-state index contributed by atoms with van der Waals surface area (Å²) in [7, 11) is 0. The quantitative estimate of drug-likeness (QED) is 0.263. The molecule has 0 radical (unpaired) electrons. The van der Waals surface area contributed by atoms with Crippen LogP contribution >= 0.6 is 0 Å². The normalized spacial score (nSPS) is 24.0. The Labute approximate surface area is 127 Å². The first-order valence-corrected chi connectivity index (χ1v) is 7.96. The molecule has 0 unspecified atom stereocenters. The highest BCUT2D eigenvalue weighted by atomic mass is 15.9. The number of rotatable bonds is 0. The third kappa shape index (κ3) is 14.3. The molecule has 0 atom stereocenters. The van der Waals surface area contributed by atoms with Gasteiger partial charge in [-0.25, -0.2) is 10.9 Å². The van der Waals surface area contributed by atoms with Crippen LogP contribution in [0.2, 0.25) is 0 Å². The summed E-state index contributed by atoms with van der Waals surface area (Å²) in [6.07, 6.45) is 11.7. The van der Waals surface area contributed by atoms with Crippen molar-refractivity contribution in [1.29, 1.82) is 0 Å². The Balaban J connectivity index is 2.00. The molecule has 1 heterocycles. The lowest BCUT2D eigenvalue weighted by Crippen LogP contribution is -2.65. The average Bonchev–Trinajstić information content (AvgIpc) is 2.50. The molecular weight excluding hydrogens is 272 g/mol. The smallest absolute Gasteiger partial charge is 0.0113 e. The first-order valence-electron chi connectivity index (χ1n) is 7.96. The Kier molecular flexibility index (Phi) is 14.2. The fourth-order valence-corrected chi connectivity index (χ4v) is 2.07. The Bertz CT molecular complexity index is 113. The number of hydrogen-bond acceptors (Lipinski definition) is 10. The van der Waals surface area contributed by atoms with Crippen LogP contribution in [-0.2, 0) is 0 Å². The molecule has 0 aromatic rings. The number of hydrogen-bond donors (Lipinski definition) is 10. The molecule has 0 saturated carbocycles. The van der Waals surface area contributed by atoms with E-state index >= 15 is 0 Å². The molecular formula is C11H32N10. The topological polar surface area (TPSA) is 120 Å². The van der Waals surface area contributed by atoms with Crippen molar-refractivity contribution in [2.24, 2.45) is 0 Å². The fraction of sp³-hybridized carbons (Fsp3) is 1.00. The first kappa shape index (κ1) is 18.6. The van der Waals surface area contributed by atoms with Crippen molar-refractivity contribution in [2.45, 2.75) is 57.8 Å². The average molecular weight is 304 g/mol. The van der Waals surface area contributed by atoms with Gasteiger partial charge in [0.2, 0.25) is 0 Å². The maximum atomic E-state index is 3.07. The Hall–Kier alpha value is -0.400. The van der Waals surface area contributed by atoms with Crippen molar-refractivity contribution in [3.05, 3.63) is 0 Å².